The summed E-state index contributed by atoms with van der Waals surface area (Å²) in [7, 11) is -0.153. The van der Waals surface area contributed by atoms with Crippen LogP contribution in [0, 0.1) is 11.3 Å². The molecule has 0 bridgehead atoms. The molecule has 0 unspecified atom stereocenters. The molecule has 12 heteroatoms. The first-order valence-electron chi connectivity index (χ1n) is 9.34. The van der Waals surface area contributed by atoms with Crippen LogP contribution in [-0.4, -0.2) is 73.1 Å². The van der Waals surface area contributed by atoms with E-state index in [1.165, 1.54) is 4.31 Å². The smallest absolute Gasteiger partial charge is 0.475 e. The molecule has 1 aliphatic heterocycles. The van der Waals surface area contributed by atoms with Crippen molar-refractivity contribution in [2.24, 2.45) is 11.3 Å². The van der Waals surface area contributed by atoms with Gasteiger partial charge in [-0.2, -0.15) is 30.2 Å². The number of hydrogen-bond donors (Lipinski definition) is 1. The Bertz CT molecular complexity index is 820. The molecule has 3 rings (SSSR count). The lowest BCUT2D eigenvalue weighted by molar-refractivity contribution is -0.192. The van der Waals surface area contributed by atoms with E-state index in [1.54, 1.807) is 24.6 Å². The van der Waals surface area contributed by atoms with Crippen LogP contribution in [0.5, 0.6) is 0 Å². The van der Waals surface area contributed by atoms with Gasteiger partial charge in [-0.1, -0.05) is 12.5 Å². The fourth-order valence-corrected chi connectivity index (χ4v) is 5.10. The van der Waals surface area contributed by atoms with E-state index in [-0.39, 0.29) is 5.41 Å². The van der Waals surface area contributed by atoms with Crippen LogP contribution < -0.4 is 0 Å². The number of fused-ring (bicyclic) bond motifs is 1. The van der Waals surface area contributed by atoms with E-state index in [1.807, 2.05) is 18.2 Å². The molecule has 2 heterocycles. The summed E-state index contributed by atoms with van der Waals surface area (Å²) in [5.41, 5.74) is 0.881. The fraction of sp³-hybridized carbons (Fsp3) is 0.667. The van der Waals surface area contributed by atoms with Gasteiger partial charge in [-0.05, 0) is 30.9 Å². The van der Waals surface area contributed by atoms with Gasteiger partial charge in [0.25, 0.3) is 10.2 Å². The minimum atomic E-state index is -5.08. The van der Waals surface area contributed by atoms with Crippen LogP contribution in [0.15, 0.2) is 24.4 Å². The summed E-state index contributed by atoms with van der Waals surface area (Å²) in [5.74, 6) is -2.35. The molecule has 0 amide bonds. The number of nitrogens with zero attached hydrogens (tertiary/aromatic N) is 3. The molecule has 0 aromatic carbocycles. The van der Waals surface area contributed by atoms with Gasteiger partial charge in [0.2, 0.25) is 0 Å². The number of halogens is 3. The predicted molar refractivity (Wildman–Crippen MR) is 102 cm³/mol. The summed E-state index contributed by atoms with van der Waals surface area (Å²) in [5, 5.41) is 7.12. The molecule has 30 heavy (non-hydrogen) atoms. The Morgan fingerprint density at radius 2 is 2.07 bits per heavy atom. The number of pyridine rings is 1. The maximum Gasteiger partial charge on any atom is 0.490 e. The second kappa shape index (κ2) is 9.58. The average molecular weight is 453 g/mol. The lowest BCUT2D eigenvalue weighted by atomic mass is 9.82. The molecule has 0 spiro atoms. The second-order valence-corrected chi connectivity index (χ2v) is 9.79. The van der Waals surface area contributed by atoms with Gasteiger partial charge in [-0.15, -0.1) is 0 Å². The monoisotopic (exact) mass is 453 g/mol. The zero-order valence-electron chi connectivity index (χ0n) is 16.8. The van der Waals surface area contributed by atoms with Crippen molar-refractivity contribution in [3.63, 3.8) is 0 Å². The normalized spacial score (nSPS) is 24.4. The molecule has 2 fully saturated rings. The van der Waals surface area contributed by atoms with E-state index >= 15 is 0 Å². The van der Waals surface area contributed by atoms with E-state index in [9.17, 15) is 21.6 Å². The number of rotatable bonds is 6. The second-order valence-electron chi connectivity index (χ2n) is 7.65. The summed E-state index contributed by atoms with van der Waals surface area (Å²) in [6, 6.07) is 5.78. The number of alkyl halides is 3. The molecule has 1 N–H and O–H groups in total. The first kappa shape index (κ1) is 24.5. The van der Waals surface area contributed by atoms with E-state index in [4.69, 9.17) is 14.6 Å². The minimum Gasteiger partial charge on any atom is -0.475 e. The Morgan fingerprint density at radius 3 is 2.60 bits per heavy atom. The average Bonchev–Trinajstić information content (AvgIpc) is 3.20. The Balaban J connectivity index is 0.000000396. The Morgan fingerprint density at radius 1 is 1.40 bits per heavy atom. The van der Waals surface area contributed by atoms with Gasteiger partial charge in [0.1, 0.15) is 0 Å². The molecule has 170 valence electrons. The highest BCUT2D eigenvalue weighted by molar-refractivity contribution is 7.86. The van der Waals surface area contributed by atoms with Gasteiger partial charge in [-0.3, -0.25) is 4.98 Å². The fourth-order valence-electron chi connectivity index (χ4n) is 3.85. The zero-order chi connectivity index (χ0) is 22.6. The number of carboxylic acid groups (broad SMARTS) is 1. The van der Waals surface area contributed by atoms with Crippen LogP contribution in [0.2, 0.25) is 0 Å². The molecule has 2 atom stereocenters. The van der Waals surface area contributed by atoms with Crippen molar-refractivity contribution >= 4 is 16.2 Å². The van der Waals surface area contributed by atoms with Crippen molar-refractivity contribution in [3.8, 4) is 0 Å². The molecule has 2 aliphatic rings. The number of ether oxygens (including phenoxy) is 1. The van der Waals surface area contributed by atoms with Crippen molar-refractivity contribution in [2.75, 3.05) is 33.8 Å². The third-order valence-electron chi connectivity index (χ3n) is 5.40. The van der Waals surface area contributed by atoms with Crippen LogP contribution in [0.1, 0.15) is 25.0 Å². The zero-order valence-corrected chi connectivity index (χ0v) is 17.6. The van der Waals surface area contributed by atoms with E-state index in [0.29, 0.717) is 32.2 Å². The molecule has 1 aliphatic carbocycles. The van der Waals surface area contributed by atoms with Gasteiger partial charge < -0.3 is 9.84 Å². The minimum absolute atomic E-state index is 0.0299. The first-order chi connectivity index (χ1) is 13.9. The lowest BCUT2D eigenvalue weighted by Crippen LogP contribution is -2.40. The van der Waals surface area contributed by atoms with Crippen molar-refractivity contribution in [1.29, 1.82) is 0 Å². The summed E-state index contributed by atoms with van der Waals surface area (Å²) in [6.45, 7) is 2.28. The van der Waals surface area contributed by atoms with E-state index in [2.05, 4.69) is 4.98 Å². The standard InChI is InChI=1S/C16H25N3O3S.C2HF3O2/c1-18(2)23(20,21)19-10-14-6-5-8-16(14,12-19)13-22-11-15-7-3-4-9-17-15;3-2(4,5)1(6)7/h3-4,7,9,14H,5-6,8,10-13H2,1-2H3;(H,6,7)/t14-,16+;/m1./s1. The van der Waals surface area contributed by atoms with Gasteiger partial charge >= 0.3 is 12.1 Å². The number of carboxylic acids is 1. The number of aromatic nitrogens is 1. The van der Waals surface area contributed by atoms with Gasteiger partial charge in [0, 0.05) is 38.8 Å². The Labute approximate surface area is 173 Å². The number of hydrogen-bond acceptors (Lipinski definition) is 5. The predicted octanol–water partition coefficient (Wildman–Crippen LogP) is 2.14. The molecular weight excluding hydrogens is 427 g/mol. The van der Waals surface area contributed by atoms with Gasteiger partial charge in [0.15, 0.2) is 0 Å². The molecule has 1 saturated carbocycles. The quantitative estimate of drug-likeness (QED) is 0.709. The highest BCUT2D eigenvalue weighted by atomic mass is 32.2. The van der Waals surface area contributed by atoms with Gasteiger partial charge in [-0.25, -0.2) is 4.79 Å². The summed E-state index contributed by atoms with van der Waals surface area (Å²) >= 11 is 0. The number of carbonyl (C=O) groups is 1. The topological polar surface area (TPSA) is 100 Å². The summed E-state index contributed by atoms with van der Waals surface area (Å²) < 4.78 is 65.4. The molecule has 1 saturated heterocycles. The molecule has 0 radical (unpaired) electrons. The van der Waals surface area contributed by atoms with Crippen molar-refractivity contribution in [1.82, 2.24) is 13.6 Å². The van der Waals surface area contributed by atoms with Crippen molar-refractivity contribution in [2.45, 2.75) is 32.0 Å². The highest BCUT2D eigenvalue weighted by Crippen LogP contribution is 2.49. The maximum atomic E-state index is 12.4. The van der Waals surface area contributed by atoms with E-state index in [0.717, 1.165) is 25.0 Å². The molecular formula is C18H26F3N3O5S. The summed E-state index contributed by atoms with van der Waals surface area (Å²) in [4.78, 5) is 13.2. The van der Waals surface area contributed by atoms with Gasteiger partial charge in [0.05, 0.1) is 18.9 Å². The molecule has 8 nitrogen and oxygen atoms in total. The SMILES string of the molecule is CN(C)S(=O)(=O)N1C[C@H]2CCC[C@@]2(COCc2ccccn2)C1.O=C(O)C(F)(F)F. The van der Waals surface area contributed by atoms with Crippen molar-refractivity contribution in [3.05, 3.63) is 30.1 Å². The highest BCUT2D eigenvalue weighted by Gasteiger charge is 2.52. The third-order valence-corrected chi connectivity index (χ3v) is 7.26. The largest absolute Gasteiger partial charge is 0.490 e. The van der Waals surface area contributed by atoms with Crippen LogP contribution in [0.4, 0.5) is 13.2 Å². The van der Waals surface area contributed by atoms with E-state index < -0.39 is 22.4 Å². The van der Waals surface area contributed by atoms with Crippen LogP contribution in [-0.2, 0) is 26.3 Å². The Hall–Kier alpha value is -1.76. The maximum absolute atomic E-state index is 12.4. The first-order valence-corrected chi connectivity index (χ1v) is 10.7. The molecule has 1 aromatic heterocycles. The van der Waals surface area contributed by atoms with Crippen LogP contribution >= 0.6 is 0 Å². The summed E-state index contributed by atoms with van der Waals surface area (Å²) in [6.07, 6.45) is -0.0322. The van der Waals surface area contributed by atoms with Crippen molar-refractivity contribution < 1.29 is 36.2 Å². The van der Waals surface area contributed by atoms with Crippen LogP contribution in [0.25, 0.3) is 0 Å². The third kappa shape index (κ3) is 5.90. The number of aliphatic carboxylic acids is 1. The van der Waals surface area contributed by atoms with Crippen LogP contribution in [0.3, 0.4) is 0 Å². The Kier molecular flexibility index (Phi) is 7.83. The lowest BCUT2D eigenvalue weighted by Gasteiger charge is -2.29. The molecule has 1 aromatic rings.